The number of nitrogens with one attached hydrogen (secondary N) is 2. The first-order chi connectivity index (χ1) is 11.7. The zero-order chi connectivity index (χ0) is 16.5. The third-order valence-corrected chi connectivity index (χ3v) is 4.93. The van der Waals surface area contributed by atoms with Gasteiger partial charge in [-0.2, -0.15) is 5.10 Å². The van der Waals surface area contributed by atoms with Crippen molar-refractivity contribution < 1.29 is 4.79 Å². The van der Waals surface area contributed by atoms with E-state index in [1.165, 1.54) is 11.1 Å². The summed E-state index contributed by atoms with van der Waals surface area (Å²) in [6.07, 6.45) is 3.53. The third kappa shape index (κ3) is 2.76. The minimum Gasteiger partial charge on any atom is -0.345 e. The molecule has 0 spiro atoms. The molecule has 0 saturated heterocycles. The SMILES string of the molecule is O=C(N[C@@H]1CCc2ccccc21)c1cn[nH]c1-c1cccc(Br)c1. The number of carbonyl (C=O) groups is 1. The maximum atomic E-state index is 12.8. The minimum atomic E-state index is -0.0968. The highest BCUT2D eigenvalue weighted by Crippen LogP contribution is 2.31. The van der Waals surface area contributed by atoms with Crippen LogP contribution in [0.15, 0.2) is 59.2 Å². The van der Waals surface area contributed by atoms with Gasteiger partial charge in [0.25, 0.3) is 5.91 Å². The molecule has 0 bridgehead atoms. The maximum absolute atomic E-state index is 12.8. The molecule has 5 heteroatoms. The average molecular weight is 382 g/mol. The van der Waals surface area contributed by atoms with Crippen molar-refractivity contribution in [2.75, 3.05) is 0 Å². The van der Waals surface area contributed by atoms with Crippen molar-refractivity contribution in [2.24, 2.45) is 0 Å². The van der Waals surface area contributed by atoms with Crippen LogP contribution in [0.4, 0.5) is 0 Å². The minimum absolute atomic E-state index is 0.0685. The Labute approximate surface area is 148 Å². The zero-order valence-corrected chi connectivity index (χ0v) is 14.5. The molecule has 0 radical (unpaired) electrons. The Hall–Kier alpha value is -2.40. The lowest BCUT2D eigenvalue weighted by Crippen LogP contribution is -2.27. The molecule has 1 aliphatic carbocycles. The summed E-state index contributed by atoms with van der Waals surface area (Å²) in [5.41, 5.74) is 4.77. The molecule has 1 aliphatic rings. The van der Waals surface area contributed by atoms with Crippen molar-refractivity contribution in [3.8, 4) is 11.3 Å². The van der Waals surface area contributed by atoms with Crippen molar-refractivity contribution >= 4 is 21.8 Å². The van der Waals surface area contributed by atoms with Crippen LogP contribution in [0, 0.1) is 0 Å². The topological polar surface area (TPSA) is 57.8 Å². The summed E-state index contributed by atoms with van der Waals surface area (Å²) in [5.74, 6) is -0.0968. The van der Waals surface area contributed by atoms with E-state index in [-0.39, 0.29) is 11.9 Å². The molecule has 4 nitrogen and oxygen atoms in total. The molecule has 3 aromatic rings. The highest BCUT2D eigenvalue weighted by Gasteiger charge is 2.25. The first-order valence-corrected chi connectivity index (χ1v) is 8.69. The second-order valence-corrected chi connectivity index (χ2v) is 6.85. The van der Waals surface area contributed by atoms with E-state index in [2.05, 4.69) is 43.6 Å². The number of hydrogen-bond donors (Lipinski definition) is 2. The number of fused-ring (bicyclic) bond motifs is 1. The average Bonchev–Trinajstić information content (AvgIpc) is 3.22. The van der Waals surface area contributed by atoms with E-state index >= 15 is 0 Å². The van der Waals surface area contributed by atoms with Crippen LogP contribution in [0.25, 0.3) is 11.3 Å². The van der Waals surface area contributed by atoms with Crippen LogP contribution in [0.5, 0.6) is 0 Å². The van der Waals surface area contributed by atoms with Gasteiger partial charge in [-0.05, 0) is 36.1 Å². The van der Waals surface area contributed by atoms with Crippen LogP contribution in [0.2, 0.25) is 0 Å². The fourth-order valence-corrected chi connectivity index (χ4v) is 3.66. The van der Waals surface area contributed by atoms with Gasteiger partial charge in [-0.1, -0.05) is 52.3 Å². The highest BCUT2D eigenvalue weighted by atomic mass is 79.9. The number of rotatable bonds is 3. The predicted molar refractivity (Wildman–Crippen MR) is 96.7 cm³/mol. The molecule has 0 saturated carbocycles. The number of aromatic amines is 1. The monoisotopic (exact) mass is 381 g/mol. The van der Waals surface area contributed by atoms with Crippen molar-refractivity contribution in [3.05, 3.63) is 75.9 Å². The number of H-pyrrole nitrogens is 1. The largest absolute Gasteiger partial charge is 0.345 e. The molecule has 2 aromatic carbocycles. The Balaban J connectivity index is 1.60. The fraction of sp³-hybridized carbons (Fsp3) is 0.158. The first-order valence-electron chi connectivity index (χ1n) is 7.90. The van der Waals surface area contributed by atoms with Crippen molar-refractivity contribution in [1.82, 2.24) is 15.5 Å². The number of halogens is 1. The van der Waals surface area contributed by atoms with Gasteiger partial charge in [0.2, 0.25) is 0 Å². The number of benzene rings is 2. The molecule has 1 aromatic heterocycles. The molecule has 4 rings (SSSR count). The first kappa shape index (κ1) is 15.1. The molecule has 0 fully saturated rings. The van der Waals surface area contributed by atoms with Gasteiger partial charge >= 0.3 is 0 Å². The van der Waals surface area contributed by atoms with E-state index in [1.54, 1.807) is 6.20 Å². The van der Waals surface area contributed by atoms with Gasteiger partial charge in [0, 0.05) is 10.0 Å². The maximum Gasteiger partial charge on any atom is 0.255 e. The highest BCUT2D eigenvalue weighted by molar-refractivity contribution is 9.10. The van der Waals surface area contributed by atoms with Crippen LogP contribution in [-0.4, -0.2) is 16.1 Å². The van der Waals surface area contributed by atoms with Gasteiger partial charge in [-0.25, -0.2) is 0 Å². The number of aryl methyl sites for hydroxylation is 1. The van der Waals surface area contributed by atoms with Crippen LogP contribution in [0.1, 0.15) is 33.9 Å². The lowest BCUT2D eigenvalue weighted by molar-refractivity contribution is 0.0937. The van der Waals surface area contributed by atoms with Gasteiger partial charge in [-0.3, -0.25) is 9.89 Å². The van der Waals surface area contributed by atoms with E-state index < -0.39 is 0 Å². The van der Waals surface area contributed by atoms with E-state index in [0.717, 1.165) is 28.6 Å². The summed E-state index contributed by atoms with van der Waals surface area (Å²) in [5, 5.41) is 10.2. The van der Waals surface area contributed by atoms with Crippen LogP contribution >= 0.6 is 15.9 Å². The molecule has 1 heterocycles. The quantitative estimate of drug-likeness (QED) is 0.711. The number of carbonyl (C=O) groups excluding carboxylic acids is 1. The van der Waals surface area contributed by atoms with Crippen molar-refractivity contribution in [2.45, 2.75) is 18.9 Å². The Bertz CT molecular complexity index is 903. The molecule has 0 unspecified atom stereocenters. The molecule has 24 heavy (non-hydrogen) atoms. The summed E-state index contributed by atoms with van der Waals surface area (Å²) < 4.78 is 0.964. The zero-order valence-electron chi connectivity index (χ0n) is 12.9. The van der Waals surface area contributed by atoms with Crippen LogP contribution < -0.4 is 5.32 Å². The molecule has 120 valence electrons. The van der Waals surface area contributed by atoms with Crippen molar-refractivity contribution in [3.63, 3.8) is 0 Å². The molecular formula is C19H16BrN3O. The lowest BCUT2D eigenvalue weighted by atomic mass is 10.1. The Morgan fingerprint density at radius 1 is 1.21 bits per heavy atom. The van der Waals surface area contributed by atoms with Gasteiger partial charge in [0.15, 0.2) is 0 Å². The Morgan fingerprint density at radius 2 is 2.08 bits per heavy atom. The fourth-order valence-electron chi connectivity index (χ4n) is 3.27. The second kappa shape index (κ2) is 6.24. The van der Waals surface area contributed by atoms with Gasteiger partial charge in [0.05, 0.1) is 23.5 Å². The summed E-state index contributed by atoms with van der Waals surface area (Å²) in [6.45, 7) is 0. The normalized spacial score (nSPS) is 16.0. The number of nitrogens with zero attached hydrogens (tertiary/aromatic N) is 1. The number of aromatic nitrogens is 2. The van der Waals surface area contributed by atoms with Gasteiger partial charge in [-0.15, -0.1) is 0 Å². The summed E-state index contributed by atoms with van der Waals surface area (Å²) in [7, 11) is 0. The molecule has 2 N–H and O–H groups in total. The molecule has 0 aliphatic heterocycles. The smallest absolute Gasteiger partial charge is 0.255 e. The second-order valence-electron chi connectivity index (χ2n) is 5.93. The molecular weight excluding hydrogens is 366 g/mol. The van der Waals surface area contributed by atoms with Gasteiger partial charge in [0.1, 0.15) is 0 Å². The van der Waals surface area contributed by atoms with Crippen LogP contribution in [0.3, 0.4) is 0 Å². The number of hydrogen-bond acceptors (Lipinski definition) is 2. The van der Waals surface area contributed by atoms with E-state index in [9.17, 15) is 4.79 Å². The molecule has 1 atom stereocenters. The predicted octanol–water partition coefficient (Wildman–Crippen LogP) is 4.26. The number of amides is 1. The third-order valence-electron chi connectivity index (χ3n) is 4.44. The van der Waals surface area contributed by atoms with Crippen LogP contribution in [-0.2, 0) is 6.42 Å². The standard InChI is InChI=1S/C19H16BrN3O/c20-14-6-3-5-13(10-14)18-16(11-21-23-18)19(24)22-17-9-8-12-4-1-2-7-15(12)17/h1-7,10-11,17H,8-9H2,(H,21,23)(H,22,24)/t17-/m1/s1. The van der Waals surface area contributed by atoms with Gasteiger partial charge < -0.3 is 5.32 Å². The summed E-state index contributed by atoms with van der Waals surface area (Å²) in [4.78, 5) is 12.8. The van der Waals surface area contributed by atoms with E-state index in [0.29, 0.717) is 5.56 Å². The Morgan fingerprint density at radius 3 is 2.96 bits per heavy atom. The van der Waals surface area contributed by atoms with E-state index in [4.69, 9.17) is 0 Å². The lowest BCUT2D eigenvalue weighted by Gasteiger charge is -2.14. The van der Waals surface area contributed by atoms with Crippen molar-refractivity contribution in [1.29, 1.82) is 0 Å². The summed E-state index contributed by atoms with van der Waals surface area (Å²) in [6, 6.07) is 16.2. The van der Waals surface area contributed by atoms with E-state index in [1.807, 2.05) is 36.4 Å². The molecule has 1 amide bonds. The summed E-state index contributed by atoms with van der Waals surface area (Å²) >= 11 is 3.46. The Kier molecular flexibility index (Phi) is 3.94.